The van der Waals surface area contributed by atoms with Crippen LogP contribution in [0.25, 0.3) is 0 Å². The summed E-state index contributed by atoms with van der Waals surface area (Å²) in [5.74, 6) is 0.976. The zero-order chi connectivity index (χ0) is 12.6. The molecule has 2 N–H and O–H groups in total. The largest absolute Gasteiger partial charge is 0.356 e. The van der Waals surface area contributed by atoms with Crippen molar-refractivity contribution >= 4 is 17.2 Å². The van der Waals surface area contributed by atoms with Crippen LogP contribution in [-0.4, -0.2) is 27.6 Å². The Morgan fingerprint density at radius 1 is 1.44 bits per heavy atom. The lowest BCUT2D eigenvalue weighted by Gasteiger charge is -2.03. The lowest BCUT2D eigenvalue weighted by Crippen LogP contribution is -2.24. The molecule has 0 spiro atoms. The molecule has 0 fully saturated rings. The number of amides is 1. The number of carbonyl (C=O) groups excluding carboxylic acids is 1. The Morgan fingerprint density at radius 2 is 2.39 bits per heavy atom. The van der Waals surface area contributed by atoms with E-state index in [1.54, 1.807) is 11.3 Å². The summed E-state index contributed by atoms with van der Waals surface area (Å²) in [6.45, 7) is 0.684. The third-order valence-electron chi connectivity index (χ3n) is 2.56. The second kappa shape index (κ2) is 6.90. The van der Waals surface area contributed by atoms with E-state index in [0.29, 0.717) is 13.0 Å². The minimum atomic E-state index is 0.112. The minimum Gasteiger partial charge on any atom is -0.356 e. The van der Waals surface area contributed by atoms with Crippen molar-refractivity contribution in [2.24, 2.45) is 0 Å². The summed E-state index contributed by atoms with van der Waals surface area (Å²) >= 11 is 1.69. The van der Waals surface area contributed by atoms with Crippen molar-refractivity contribution < 1.29 is 4.79 Å². The summed E-state index contributed by atoms with van der Waals surface area (Å²) in [6, 6.07) is 4.07. The van der Waals surface area contributed by atoms with Crippen LogP contribution >= 0.6 is 11.3 Å². The number of carbonyl (C=O) groups is 1. The molecule has 0 aliphatic heterocycles. The van der Waals surface area contributed by atoms with Crippen molar-refractivity contribution in [2.45, 2.75) is 25.7 Å². The molecule has 6 heteroatoms. The van der Waals surface area contributed by atoms with Gasteiger partial charge < -0.3 is 5.32 Å². The van der Waals surface area contributed by atoms with E-state index in [1.807, 2.05) is 11.4 Å². The number of nitrogens with zero attached hydrogens (tertiary/aromatic N) is 2. The molecular weight excluding hydrogens is 248 g/mol. The Labute approximate surface area is 110 Å². The highest BCUT2D eigenvalue weighted by Gasteiger charge is 2.02. The molecule has 96 valence electrons. The average Bonchev–Trinajstić information content (AvgIpc) is 3.04. The maximum Gasteiger partial charge on any atom is 0.220 e. The normalized spacial score (nSPS) is 10.4. The van der Waals surface area contributed by atoms with E-state index in [9.17, 15) is 4.79 Å². The molecule has 0 aromatic carbocycles. The number of aromatic nitrogens is 3. The first-order chi connectivity index (χ1) is 8.84. The minimum absolute atomic E-state index is 0.112. The van der Waals surface area contributed by atoms with Crippen molar-refractivity contribution in [2.75, 3.05) is 6.54 Å². The number of aromatic amines is 1. The molecule has 2 aromatic heterocycles. The molecule has 0 saturated carbocycles. The molecule has 0 atom stereocenters. The Morgan fingerprint density at radius 3 is 3.11 bits per heavy atom. The maximum atomic E-state index is 11.6. The molecule has 5 nitrogen and oxygen atoms in total. The number of hydrogen-bond acceptors (Lipinski definition) is 4. The quantitative estimate of drug-likeness (QED) is 0.745. The fourth-order valence-electron chi connectivity index (χ4n) is 1.61. The average molecular weight is 264 g/mol. The molecule has 0 radical (unpaired) electrons. The zero-order valence-corrected chi connectivity index (χ0v) is 10.9. The molecular formula is C12H16N4OS. The predicted octanol–water partition coefficient (Wildman–Crippen LogP) is 1.55. The van der Waals surface area contributed by atoms with Crippen LogP contribution in [0.3, 0.4) is 0 Å². The van der Waals surface area contributed by atoms with Gasteiger partial charge in [0, 0.05) is 24.3 Å². The zero-order valence-electron chi connectivity index (χ0n) is 10.1. The van der Waals surface area contributed by atoms with Gasteiger partial charge in [0.15, 0.2) is 0 Å². The fraction of sp³-hybridized carbons (Fsp3) is 0.417. The first-order valence-corrected chi connectivity index (χ1v) is 6.86. The van der Waals surface area contributed by atoms with Crippen molar-refractivity contribution in [3.8, 4) is 0 Å². The second-order valence-electron chi connectivity index (χ2n) is 3.97. The summed E-state index contributed by atoms with van der Waals surface area (Å²) in [6.07, 6.45) is 4.56. The second-order valence-corrected chi connectivity index (χ2v) is 5.00. The molecule has 18 heavy (non-hydrogen) atoms. The van der Waals surface area contributed by atoms with Gasteiger partial charge in [-0.1, -0.05) is 6.07 Å². The number of H-pyrrole nitrogens is 1. The van der Waals surface area contributed by atoms with Gasteiger partial charge in [0.2, 0.25) is 5.91 Å². The van der Waals surface area contributed by atoms with E-state index >= 15 is 0 Å². The van der Waals surface area contributed by atoms with Crippen LogP contribution in [0.5, 0.6) is 0 Å². The molecule has 2 heterocycles. The Balaban J connectivity index is 1.55. The van der Waals surface area contributed by atoms with Gasteiger partial charge in [-0.25, -0.2) is 4.98 Å². The molecule has 1 amide bonds. The van der Waals surface area contributed by atoms with Crippen molar-refractivity contribution in [3.05, 3.63) is 34.5 Å². The standard InChI is InChI=1S/C12H16N4OS/c17-12(6-5-10-3-2-8-18-10)13-7-1-4-11-14-9-15-16-11/h2-3,8-9H,1,4-7H2,(H,13,17)(H,14,15,16). The number of hydrogen-bond donors (Lipinski definition) is 2. The number of rotatable bonds is 7. The summed E-state index contributed by atoms with van der Waals surface area (Å²) in [7, 11) is 0. The molecule has 2 aromatic rings. The van der Waals surface area contributed by atoms with Crippen molar-refractivity contribution in [1.82, 2.24) is 20.5 Å². The Bertz CT molecular complexity index is 452. The van der Waals surface area contributed by atoms with E-state index in [1.165, 1.54) is 11.2 Å². The lowest BCUT2D eigenvalue weighted by molar-refractivity contribution is -0.121. The van der Waals surface area contributed by atoms with Gasteiger partial charge in [0.1, 0.15) is 12.2 Å². The smallest absolute Gasteiger partial charge is 0.220 e. The first-order valence-electron chi connectivity index (χ1n) is 5.98. The number of nitrogens with one attached hydrogen (secondary N) is 2. The number of thiophene rings is 1. The van der Waals surface area contributed by atoms with Crippen molar-refractivity contribution in [1.29, 1.82) is 0 Å². The Kier molecular flexibility index (Phi) is 4.89. The van der Waals surface area contributed by atoms with Gasteiger partial charge in [-0.05, 0) is 24.3 Å². The number of aryl methyl sites for hydroxylation is 2. The van der Waals surface area contributed by atoms with Crippen LogP contribution < -0.4 is 5.32 Å². The third kappa shape index (κ3) is 4.29. The summed E-state index contributed by atoms with van der Waals surface area (Å²) in [5, 5.41) is 11.5. The maximum absolute atomic E-state index is 11.6. The van der Waals surface area contributed by atoms with Crippen molar-refractivity contribution in [3.63, 3.8) is 0 Å². The summed E-state index contributed by atoms with van der Waals surface area (Å²) in [5.41, 5.74) is 0. The third-order valence-corrected chi connectivity index (χ3v) is 3.49. The van der Waals surface area contributed by atoms with E-state index in [4.69, 9.17) is 0 Å². The van der Waals surface area contributed by atoms with Crippen LogP contribution in [0.1, 0.15) is 23.5 Å². The fourth-order valence-corrected chi connectivity index (χ4v) is 2.32. The highest BCUT2D eigenvalue weighted by Crippen LogP contribution is 2.10. The van der Waals surface area contributed by atoms with Crippen LogP contribution in [0.4, 0.5) is 0 Å². The Hall–Kier alpha value is -1.69. The molecule has 2 rings (SSSR count). The van der Waals surface area contributed by atoms with E-state index in [0.717, 1.165) is 25.1 Å². The van der Waals surface area contributed by atoms with E-state index in [-0.39, 0.29) is 5.91 Å². The molecule has 0 bridgehead atoms. The van der Waals surface area contributed by atoms with Crippen LogP contribution in [0.2, 0.25) is 0 Å². The van der Waals surface area contributed by atoms with Crippen LogP contribution in [0.15, 0.2) is 23.8 Å². The molecule has 0 aliphatic rings. The van der Waals surface area contributed by atoms with Crippen LogP contribution in [0, 0.1) is 0 Å². The van der Waals surface area contributed by atoms with Gasteiger partial charge in [0.05, 0.1) is 0 Å². The molecule has 0 aliphatic carbocycles. The predicted molar refractivity (Wildman–Crippen MR) is 70.4 cm³/mol. The monoisotopic (exact) mass is 264 g/mol. The molecule has 0 unspecified atom stereocenters. The van der Waals surface area contributed by atoms with Gasteiger partial charge >= 0.3 is 0 Å². The van der Waals surface area contributed by atoms with Gasteiger partial charge in [-0.15, -0.1) is 11.3 Å². The topological polar surface area (TPSA) is 70.7 Å². The van der Waals surface area contributed by atoms with Gasteiger partial charge in [-0.3, -0.25) is 9.89 Å². The van der Waals surface area contributed by atoms with Gasteiger partial charge in [0.25, 0.3) is 0 Å². The van der Waals surface area contributed by atoms with Crippen LogP contribution in [-0.2, 0) is 17.6 Å². The highest BCUT2D eigenvalue weighted by molar-refractivity contribution is 7.09. The SMILES string of the molecule is O=C(CCc1cccs1)NCCCc1ncn[nH]1. The lowest BCUT2D eigenvalue weighted by atomic mass is 10.2. The summed E-state index contributed by atoms with van der Waals surface area (Å²) in [4.78, 5) is 16.8. The summed E-state index contributed by atoms with van der Waals surface area (Å²) < 4.78 is 0. The highest BCUT2D eigenvalue weighted by atomic mass is 32.1. The molecule has 0 saturated heterocycles. The van der Waals surface area contributed by atoms with Gasteiger partial charge in [-0.2, -0.15) is 5.10 Å². The van der Waals surface area contributed by atoms with E-state index in [2.05, 4.69) is 26.6 Å². The first kappa shape index (κ1) is 12.8. The van der Waals surface area contributed by atoms with E-state index < -0.39 is 0 Å².